The van der Waals surface area contributed by atoms with Crippen molar-refractivity contribution in [1.82, 2.24) is 14.8 Å². The second kappa shape index (κ2) is 8.28. The van der Waals surface area contributed by atoms with Crippen molar-refractivity contribution in [2.45, 2.75) is 0 Å². The predicted molar refractivity (Wildman–Crippen MR) is 124 cm³/mol. The van der Waals surface area contributed by atoms with Gasteiger partial charge in [-0.2, -0.15) is 0 Å². The molecule has 0 radical (unpaired) electrons. The van der Waals surface area contributed by atoms with Crippen LogP contribution in [0.2, 0.25) is 0 Å². The normalized spacial score (nSPS) is 10.7. The van der Waals surface area contributed by atoms with Crippen molar-refractivity contribution in [3.8, 4) is 45.3 Å². The highest BCUT2D eigenvalue weighted by molar-refractivity contribution is 5.71. The topological polar surface area (TPSA) is 39.9 Å². The van der Waals surface area contributed by atoms with Crippen LogP contribution in [0.5, 0.6) is 5.75 Å². The number of hydrogen-bond donors (Lipinski definition) is 0. The molecule has 0 aliphatic heterocycles. The average molecular weight is 403 g/mol. The lowest BCUT2D eigenvalue weighted by Gasteiger charge is -2.12. The van der Waals surface area contributed by atoms with E-state index in [2.05, 4.69) is 63.3 Å². The Bertz CT molecular complexity index is 1280. The number of aromatic nitrogens is 3. The minimum atomic E-state index is 0.795. The molecule has 4 nitrogen and oxygen atoms in total. The van der Waals surface area contributed by atoms with E-state index in [9.17, 15) is 0 Å². The third-order valence-electron chi connectivity index (χ3n) is 5.28. The van der Waals surface area contributed by atoms with Crippen molar-refractivity contribution in [2.24, 2.45) is 0 Å². The summed E-state index contributed by atoms with van der Waals surface area (Å²) in [4.78, 5) is 0. The van der Waals surface area contributed by atoms with Crippen LogP contribution in [0.25, 0.3) is 39.6 Å². The summed E-state index contributed by atoms with van der Waals surface area (Å²) >= 11 is 0. The molecule has 0 N–H and O–H groups in total. The molecule has 0 unspecified atom stereocenters. The zero-order chi connectivity index (χ0) is 21.0. The van der Waals surface area contributed by atoms with Gasteiger partial charge in [0.1, 0.15) is 5.75 Å². The molecule has 5 rings (SSSR count). The molecule has 0 bridgehead atoms. The number of hydrogen-bond acceptors (Lipinski definition) is 3. The molecule has 4 heteroatoms. The minimum Gasteiger partial charge on any atom is -0.497 e. The van der Waals surface area contributed by atoms with Crippen molar-refractivity contribution in [3.63, 3.8) is 0 Å². The van der Waals surface area contributed by atoms with E-state index in [1.54, 1.807) is 7.11 Å². The van der Waals surface area contributed by atoms with Gasteiger partial charge in [-0.15, -0.1) is 10.2 Å². The Morgan fingerprint density at radius 1 is 0.516 bits per heavy atom. The van der Waals surface area contributed by atoms with Crippen molar-refractivity contribution in [3.05, 3.63) is 109 Å². The van der Waals surface area contributed by atoms with Crippen LogP contribution in [0.3, 0.4) is 0 Å². The maximum absolute atomic E-state index is 5.33. The average Bonchev–Trinajstić information content (AvgIpc) is 3.30. The Hall–Kier alpha value is -4.18. The summed E-state index contributed by atoms with van der Waals surface area (Å²) in [6, 6.07) is 36.9. The fourth-order valence-corrected chi connectivity index (χ4v) is 3.66. The molecule has 0 amide bonds. The summed E-state index contributed by atoms with van der Waals surface area (Å²) in [5, 5.41) is 9.11. The molecule has 0 fully saturated rings. The zero-order valence-corrected chi connectivity index (χ0v) is 17.1. The van der Waals surface area contributed by atoms with E-state index in [1.165, 1.54) is 11.1 Å². The van der Waals surface area contributed by atoms with Gasteiger partial charge < -0.3 is 4.74 Å². The predicted octanol–water partition coefficient (Wildman–Crippen LogP) is 6.28. The lowest BCUT2D eigenvalue weighted by Crippen LogP contribution is -2.00. The Labute approximate surface area is 181 Å². The third-order valence-corrected chi connectivity index (χ3v) is 5.28. The quantitative estimate of drug-likeness (QED) is 0.347. The van der Waals surface area contributed by atoms with E-state index >= 15 is 0 Å². The van der Waals surface area contributed by atoms with Gasteiger partial charge in [-0.1, -0.05) is 84.9 Å². The van der Waals surface area contributed by atoms with Gasteiger partial charge in [0.15, 0.2) is 11.6 Å². The first-order valence-corrected chi connectivity index (χ1v) is 10.1. The summed E-state index contributed by atoms with van der Waals surface area (Å²) in [5.41, 5.74) is 5.36. The number of ether oxygens (including phenoxy) is 1. The van der Waals surface area contributed by atoms with Gasteiger partial charge in [-0.3, -0.25) is 4.57 Å². The Balaban J connectivity index is 1.62. The van der Waals surface area contributed by atoms with Crippen LogP contribution in [-0.4, -0.2) is 21.9 Å². The smallest absolute Gasteiger partial charge is 0.168 e. The second-order valence-electron chi connectivity index (χ2n) is 7.19. The number of benzene rings is 4. The molecule has 150 valence electrons. The van der Waals surface area contributed by atoms with E-state index in [1.807, 2.05) is 60.7 Å². The molecular weight excluding hydrogens is 382 g/mol. The molecule has 1 aromatic heterocycles. The van der Waals surface area contributed by atoms with Crippen LogP contribution in [0, 0.1) is 0 Å². The fourth-order valence-electron chi connectivity index (χ4n) is 3.66. The first-order valence-electron chi connectivity index (χ1n) is 10.1. The molecule has 31 heavy (non-hydrogen) atoms. The maximum atomic E-state index is 5.33. The van der Waals surface area contributed by atoms with Crippen molar-refractivity contribution in [2.75, 3.05) is 7.11 Å². The zero-order valence-electron chi connectivity index (χ0n) is 17.1. The highest BCUT2D eigenvalue weighted by Crippen LogP contribution is 2.30. The lowest BCUT2D eigenvalue weighted by molar-refractivity contribution is 0.415. The van der Waals surface area contributed by atoms with Crippen LogP contribution >= 0.6 is 0 Å². The lowest BCUT2D eigenvalue weighted by atomic mass is 10.0. The third kappa shape index (κ3) is 3.71. The molecule has 5 aromatic rings. The van der Waals surface area contributed by atoms with Gasteiger partial charge in [0, 0.05) is 16.8 Å². The first-order chi connectivity index (χ1) is 15.3. The van der Waals surface area contributed by atoms with Crippen molar-refractivity contribution >= 4 is 0 Å². The minimum absolute atomic E-state index is 0.795. The molecule has 1 heterocycles. The van der Waals surface area contributed by atoms with E-state index in [0.29, 0.717) is 0 Å². The summed E-state index contributed by atoms with van der Waals surface area (Å²) in [5.74, 6) is 2.41. The molecule has 0 aliphatic carbocycles. The van der Waals surface area contributed by atoms with Gasteiger partial charge in [-0.05, 0) is 35.4 Å². The standard InChI is InChI=1S/C27H21N3O/c1-31-25-18-16-24(17-19-25)30-26(22-10-6-3-7-11-22)28-29-27(30)23-14-12-21(13-15-23)20-8-4-2-5-9-20/h2-19H,1H3. The van der Waals surface area contributed by atoms with Crippen LogP contribution in [0.1, 0.15) is 0 Å². The van der Waals surface area contributed by atoms with Crippen molar-refractivity contribution in [1.29, 1.82) is 0 Å². The number of rotatable bonds is 5. The second-order valence-corrected chi connectivity index (χ2v) is 7.19. The Kier molecular flexibility index (Phi) is 5.03. The van der Waals surface area contributed by atoms with Gasteiger partial charge in [-0.25, -0.2) is 0 Å². The highest BCUT2D eigenvalue weighted by Gasteiger charge is 2.17. The molecular formula is C27H21N3O. The fraction of sp³-hybridized carbons (Fsp3) is 0.0370. The molecule has 0 atom stereocenters. The summed E-state index contributed by atoms with van der Waals surface area (Å²) in [6.07, 6.45) is 0. The largest absolute Gasteiger partial charge is 0.497 e. The van der Waals surface area contributed by atoms with E-state index in [-0.39, 0.29) is 0 Å². The van der Waals surface area contributed by atoms with Crippen LogP contribution < -0.4 is 4.74 Å². The summed E-state index contributed by atoms with van der Waals surface area (Å²) in [7, 11) is 1.67. The molecule has 0 aliphatic rings. The number of nitrogens with zero attached hydrogens (tertiary/aromatic N) is 3. The van der Waals surface area contributed by atoms with Crippen LogP contribution in [-0.2, 0) is 0 Å². The van der Waals surface area contributed by atoms with Crippen LogP contribution in [0.4, 0.5) is 0 Å². The molecule has 0 spiro atoms. The SMILES string of the molecule is COc1ccc(-n2c(-c3ccccc3)nnc2-c2ccc(-c3ccccc3)cc2)cc1. The maximum Gasteiger partial charge on any atom is 0.168 e. The highest BCUT2D eigenvalue weighted by atomic mass is 16.5. The van der Waals surface area contributed by atoms with Gasteiger partial charge in [0.2, 0.25) is 0 Å². The molecule has 0 saturated heterocycles. The van der Waals surface area contributed by atoms with E-state index in [0.717, 1.165) is 34.2 Å². The van der Waals surface area contributed by atoms with Gasteiger partial charge in [0.05, 0.1) is 7.11 Å². The van der Waals surface area contributed by atoms with Crippen LogP contribution in [0.15, 0.2) is 109 Å². The van der Waals surface area contributed by atoms with Gasteiger partial charge >= 0.3 is 0 Å². The monoisotopic (exact) mass is 403 g/mol. The Morgan fingerprint density at radius 3 is 1.52 bits per heavy atom. The molecule has 0 saturated carbocycles. The van der Waals surface area contributed by atoms with Gasteiger partial charge in [0.25, 0.3) is 0 Å². The summed E-state index contributed by atoms with van der Waals surface area (Å²) < 4.78 is 7.42. The van der Waals surface area contributed by atoms with E-state index < -0.39 is 0 Å². The Morgan fingerprint density at radius 2 is 0.968 bits per heavy atom. The first kappa shape index (κ1) is 18.8. The number of methoxy groups -OCH3 is 1. The van der Waals surface area contributed by atoms with E-state index in [4.69, 9.17) is 4.74 Å². The molecule has 4 aromatic carbocycles. The summed E-state index contributed by atoms with van der Waals surface area (Å²) in [6.45, 7) is 0. The van der Waals surface area contributed by atoms with Crippen molar-refractivity contribution < 1.29 is 4.74 Å².